The fourth-order valence-electron chi connectivity index (χ4n) is 1.08. The molecule has 0 aliphatic carbocycles. The van der Waals surface area contributed by atoms with Gasteiger partial charge in [-0.15, -0.1) is 0 Å². The molecule has 0 aromatic carbocycles. The zero-order chi connectivity index (χ0) is 12.3. The van der Waals surface area contributed by atoms with E-state index in [0.29, 0.717) is 0 Å². The number of alkyl halides is 2. The van der Waals surface area contributed by atoms with E-state index in [0.717, 1.165) is 6.07 Å². The molecule has 1 rings (SSSR count). The number of hydrogen-bond donors (Lipinski definition) is 1. The maximum Gasteiger partial charge on any atom is 0.307 e. The van der Waals surface area contributed by atoms with Crippen LogP contribution < -0.4 is 0 Å². The predicted octanol–water partition coefficient (Wildman–Crippen LogP) is 2.28. The lowest BCUT2D eigenvalue weighted by atomic mass is 10.1. The Balaban J connectivity index is 3.31. The Bertz CT molecular complexity index is 471. The summed E-state index contributed by atoms with van der Waals surface area (Å²) in [5, 5.41) is 17.2. The number of halogens is 3. The highest BCUT2D eigenvalue weighted by Crippen LogP contribution is 2.26. The minimum Gasteiger partial charge on any atom is -0.481 e. The van der Waals surface area contributed by atoms with Crippen LogP contribution in [0.2, 0.25) is 0 Å². The number of nitriles is 1. The molecule has 0 aliphatic heterocycles. The zero-order valence-electron chi connectivity index (χ0n) is 7.75. The fourth-order valence-corrected chi connectivity index (χ4v) is 1.51. The maximum atomic E-state index is 12.4. The van der Waals surface area contributed by atoms with Crippen LogP contribution in [0.4, 0.5) is 8.78 Å². The third kappa shape index (κ3) is 2.73. The second-order valence-corrected chi connectivity index (χ2v) is 3.64. The van der Waals surface area contributed by atoms with Crippen molar-refractivity contribution in [1.29, 1.82) is 5.26 Å². The van der Waals surface area contributed by atoms with Crippen molar-refractivity contribution >= 4 is 21.9 Å². The lowest BCUT2D eigenvalue weighted by Gasteiger charge is -2.06. The summed E-state index contributed by atoms with van der Waals surface area (Å²) >= 11 is 2.96. The van der Waals surface area contributed by atoms with Crippen molar-refractivity contribution < 1.29 is 18.7 Å². The summed E-state index contributed by atoms with van der Waals surface area (Å²) in [5.41, 5.74) is -0.737. The van der Waals surface area contributed by atoms with Crippen molar-refractivity contribution in [1.82, 2.24) is 4.98 Å². The third-order valence-electron chi connectivity index (χ3n) is 1.72. The van der Waals surface area contributed by atoms with Crippen LogP contribution in [0, 0.1) is 11.3 Å². The standard InChI is InChI=1S/C9H5BrF2N2O2/c10-8-4(2-7(15)16)1-5(9(11)12)14-6(8)3-13/h1,9H,2H2,(H,15,16). The molecule has 0 atom stereocenters. The highest BCUT2D eigenvalue weighted by atomic mass is 79.9. The summed E-state index contributed by atoms with van der Waals surface area (Å²) in [6.07, 6.45) is -3.29. The number of hydrogen-bond acceptors (Lipinski definition) is 3. The van der Waals surface area contributed by atoms with E-state index in [1.54, 1.807) is 6.07 Å². The Morgan fingerprint density at radius 2 is 2.31 bits per heavy atom. The Hall–Kier alpha value is -1.55. The van der Waals surface area contributed by atoms with Gasteiger partial charge in [0.25, 0.3) is 6.43 Å². The van der Waals surface area contributed by atoms with Gasteiger partial charge in [-0.05, 0) is 27.6 Å². The van der Waals surface area contributed by atoms with Crippen LogP contribution in [0.15, 0.2) is 10.5 Å². The minimum absolute atomic E-state index is 0.106. The fraction of sp³-hybridized carbons (Fsp3) is 0.222. The molecule has 0 saturated carbocycles. The van der Waals surface area contributed by atoms with Gasteiger partial charge in [0.1, 0.15) is 11.8 Å². The zero-order valence-corrected chi connectivity index (χ0v) is 9.33. The molecule has 4 nitrogen and oxygen atoms in total. The summed E-state index contributed by atoms with van der Waals surface area (Å²) in [5.74, 6) is -1.17. The Kier molecular flexibility index (Phi) is 3.90. The van der Waals surface area contributed by atoms with Crippen LogP contribution in [0.5, 0.6) is 0 Å². The van der Waals surface area contributed by atoms with E-state index < -0.39 is 24.5 Å². The average molecular weight is 291 g/mol. The monoisotopic (exact) mass is 290 g/mol. The van der Waals surface area contributed by atoms with E-state index in [1.165, 1.54) is 0 Å². The molecule has 1 aromatic rings. The van der Waals surface area contributed by atoms with Gasteiger partial charge in [-0.25, -0.2) is 13.8 Å². The van der Waals surface area contributed by atoms with Crippen molar-refractivity contribution in [2.45, 2.75) is 12.8 Å². The largest absolute Gasteiger partial charge is 0.481 e. The van der Waals surface area contributed by atoms with Crippen LogP contribution in [0.1, 0.15) is 23.4 Å². The Morgan fingerprint density at radius 1 is 1.69 bits per heavy atom. The molecule has 0 radical (unpaired) electrons. The third-order valence-corrected chi connectivity index (χ3v) is 2.61. The SMILES string of the molecule is N#Cc1nc(C(F)F)cc(CC(=O)O)c1Br. The Morgan fingerprint density at radius 3 is 2.75 bits per heavy atom. The molecule has 0 spiro atoms. The first-order valence-corrected chi connectivity index (χ1v) is 4.84. The molecule has 0 amide bonds. The molecular formula is C9H5BrF2N2O2. The van der Waals surface area contributed by atoms with Crippen molar-refractivity contribution in [2.75, 3.05) is 0 Å². The molecular weight excluding hydrogens is 286 g/mol. The summed E-state index contributed by atoms with van der Waals surface area (Å²) in [6.45, 7) is 0. The number of nitrogens with zero attached hydrogens (tertiary/aromatic N) is 2. The highest BCUT2D eigenvalue weighted by molar-refractivity contribution is 9.10. The van der Waals surface area contributed by atoms with Crippen LogP contribution in [-0.2, 0) is 11.2 Å². The molecule has 16 heavy (non-hydrogen) atoms. The van der Waals surface area contributed by atoms with Gasteiger partial charge in [-0.3, -0.25) is 4.79 Å². The van der Waals surface area contributed by atoms with Crippen LogP contribution >= 0.6 is 15.9 Å². The van der Waals surface area contributed by atoms with Gasteiger partial charge in [0.2, 0.25) is 0 Å². The smallest absolute Gasteiger partial charge is 0.307 e. The topological polar surface area (TPSA) is 74.0 Å². The van der Waals surface area contributed by atoms with Gasteiger partial charge in [-0.1, -0.05) is 0 Å². The summed E-state index contributed by atoms with van der Waals surface area (Å²) in [4.78, 5) is 13.9. The van der Waals surface area contributed by atoms with Gasteiger partial charge in [-0.2, -0.15) is 5.26 Å². The van der Waals surface area contributed by atoms with Gasteiger partial charge < -0.3 is 5.11 Å². The Labute approximate surface area is 97.7 Å². The summed E-state index contributed by atoms with van der Waals surface area (Å²) in [7, 11) is 0. The van der Waals surface area contributed by atoms with E-state index in [-0.39, 0.29) is 15.7 Å². The van der Waals surface area contributed by atoms with Gasteiger partial charge >= 0.3 is 5.97 Å². The summed E-state index contributed by atoms with van der Waals surface area (Å²) in [6, 6.07) is 2.60. The normalized spacial score (nSPS) is 10.2. The number of pyridine rings is 1. The van der Waals surface area contributed by atoms with E-state index in [4.69, 9.17) is 10.4 Å². The van der Waals surface area contributed by atoms with Gasteiger partial charge in [0, 0.05) is 0 Å². The first-order chi connectivity index (χ1) is 7.45. The van der Waals surface area contributed by atoms with E-state index in [9.17, 15) is 13.6 Å². The molecule has 0 saturated heterocycles. The number of aliphatic carboxylic acids is 1. The number of rotatable bonds is 3. The van der Waals surface area contributed by atoms with Gasteiger partial charge in [0.05, 0.1) is 10.9 Å². The molecule has 7 heteroatoms. The van der Waals surface area contributed by atoms with E-state index in [2.05, 4.69) is 20.9 Å². The van der Waals surface area contributed by atoms with Crippen molar-refractivity contribution in [3.63, 3.8) is 0 Å². The molecule has 0 fully saturated rings. The highest BCUT2D eigenvalue weighted by Gasteiger charge is 2.17. The lowest BCUT2D eigenvalue weighted by molar-refractivity contribution is -0.136. The first-order valence-electron chi connectivity index (χ1n) is 4.05. The van der Waals surface area contributed by atoms with E-state index in [1.807, 2.05) is 0 Å². The molecule has 0 bridgehead atoms. The van der Waals surface area contributed by atoms with Crippen LogP contribution in [-0.4, -0.2) is 16.1 Å². The lowest BCUT2D eigenvalue weighted by Crippen LogP contribution is -2.05. The molecule has 1 heterocycles. The predicted molar refractivity (Wildman–Crippen MR) is 52.9 cm³/mol. The van der Waals surface area contributed by atoms with Crippen molar-refractivity contribution in [3.05, 3.63) is 27.5 Å². The van der Waals surface area contributed by atoms with Crippen LogP contribution in [0.25, 0.3) is 0 Å². The van der Waals surface area contributed by atoms with Crippen LogP contribution in [0.3, 0.4) is 0 Å². The molecule has 84 valence electrons. The number of carbonyl (C=O) groups is 1. The number of aromatic nitrogens is 1. The number of carboxylic acids is 1. The maximum absolute atomic E-state index is 12.4. The van der Waals surface area contributed by atoms with E-state index >= 15 is 0 Å². The van der Waals surface area contributed by atoms with Crippen molar-refractivity contribution in [3.8, 4) is 6.07 Å². The molecule has 1 aromatic heterocycles. The van der Waals surface area contributed by atoms with Gasteiger partial charge in [0.15, 0.2) is 5.69 Å². The molecule has 0 unspecified atom stereocenters. The number of carboxylic acid groups (broad SMARTS) is 1. The first kappa shape index (κ1) is 12.5. The quantitative estimate of drug-likeness (QED) is 0.927. The minimum atomic E-state index is -2.84. The van der Waals surface area contributed by atoms with Crippen molar-refractivity contribution in [2.24, 2.45) is 0 Å². The second-order valence-electron chi connectivity index (χ2n) is 2.85. The molecule has 0 aliphatic rings. The molecule has 1 N–H and O–H groups in total. The second kappa shape index (κ2) is 4.99. The summed E-state index contributed by atoms with van der Waals surface area (Å²) < 4.78 is 24.9. The average Bonchev–Trinajstić information content (AvgIpc) is 2.20.